The average molecular weight is 557 g/mol. The molecule has 5 rings (SSSR count). The molecule has 0 atom stereocenters. The smallest absolute Gasteiger partial charge is 0.246 e. The second-order valence-electron chi connectivity index (χ2n) is 9.75. The summed E-state index contributed by atoms with van der Waals surface area (Å²) < 4.78 is 13.6. The van der Waals surface area contributed by atoms with Gasteiger partial charge in [-0.3, -0.25) is 14.5 Å². The van der Waals surface area contributed by atoms with Crippen LogP contribution in [0.3, 0.4) is 0 Å². The molecule has 4 heterocycles. The van der Waals surface area contributed by atoms with Gasteiger partial charge in [0.2, 0.25) is 11.8 Å². The lowest BCUT2D eigenvalue weighted by Gasteiger charge is -2.31. The van der Waals surface area contributed by atoms with Crippen molar-refractivity contribution >= 4 is 56.5 Å². The third kappa shape index (κ3) is 6.14. The number of aromatic nitrogens is 2. The van der Waals surface area contributed by atoms with E-state index < -0.39 is 5.82 Å². The molecule has 0 radical (unpaired) electrons. The van der Waals surface area contributed by atoms with E-state index in [0.717, 1.165) is 59.7 Å². The molecule has 1 fully saturated rings. The monoisotopic (exact) mass is 556 g/mol. The third-order valence-corrected chi connectivity index (χ3v) is 8.52. The summed E-state index contributed by atoms with van der Waals surface area (Å²) in [5, 5.41) is 7.14. The Morgan fingerprint density at radius 2 is 2.05 bits per heavy atom. The van der Waals surface area contributed by atoms with Gasteiger partial charge in [-0.2, -0.15) is 0 Å². The molecule has 0 unspecified atom stereocenters. The quantitative estimate of drug-likeness (QED) is 0.416. The Hall–Kier alpha value is -3.08. The summed E-state index contributed by atoms with van der Waals surface area (Å²) in [4.78, 5) is 39.1. The standard InChI is InChI=1S/C27H30ClFN6O2S/c1-17(36)30-14-18-6-10-34(11-7-18)9-2-3-24(37)35-12-8-20-23(15-35)38-27-25(20)26(31-16-32-27)33-19-4-5-22(29)21(28)13-19/h2-5,13,16,18H,6-12,14-15H2,1H3,(H,30,36)(H,31,32,33)/b3-2+. The fraction of sp³-hybridized carbons (Fsp3) is 0.407. The van der Waals surface area contributed by atoms with E-state index in [-0.39, 0.29) is 16.8 Å². The maximum Gasteiger partial charge on any atom is 0.246 e. The molecule has 38 heavy (non-hydrogen) atoms. The van der Waals surface area contributed by atoms with E-state index >= 15 is 0 Å². The Labute approximate surface area is 229 Å². The lowest BCUT2D eigenvalue weighted by Crippen LogP contribution is -2.38. The summed E-state index contributed by atoms with van der Waals surface area (Å²) in [6, 6.07) is 4.47. The van der Waals surface area contributed by atoms with Gasteiger partial charge in [-0.15, -0.1) is 11.3 Å². The first kappa shape index (κ1) is 26.5. The molecule has 2 aliphatic rings. The number of carbonyl (C=O) groups is 2. The predicted molar refractivity (Wildman–Crippen MR) is 148 cm³/mol. The van der Waals surface area contributed by atoms with Crippen LogP contribution in [-0.4, -0.2) is 64.3 Å². The van der Waals surface area contributed by atoms with Crippen molar-refractivity contribution in [1.29, 1.82) is 0 Å². The molecular weight excluding hydrogens is 527 g/mol. The zero-order chi connectivity index (χ0) is 26.6. The van der Waals surface area contributed by atoms with Gasteiger partial charge in [-0.1, -0.05) is 17.7 Å². The zero-order valence-corrected chi connectivity index (χ0v) is 22.7. The van der Waals surface area contributed by atoms with Gasteiger partial charge in [-0.25, -0.2) is 14.4 Å². The Morgan fingerprint density at radius 3 is 2.82 bits per heavy atom. The molecule has 8 nitrogen and oxygen atoms in total. The van der Waals surface area contributed by atoms with E-state index in [1.165, 1.54) is 18.5 Å². The molecule has 0 aliphatic carbocycles. The molecule has 0 saturated carbocycles. The minimum absolute atomic E-state index is 0.0130. The second-order valence-corrected chi connectivity index (χ2v) is 11.2. The van der Waals surface area contributed by atoms with Crippen molar-refractivity contribution in [2.75, 3.05) is 38.0 Å². The van der Waals surface area contributed by atoms with Gasteiger partial charge in [0.15, 0.2) is 0 Å². The highest BCUT2D eigenvalue weighted by atomic mass is 35.5. The summed E-state index contributed by atoms with van der Waals surface area (Å²) in [5.41, 5.74) is 1.79. The fourth-order valence-corrected chi connectivity index (χ4v) is 6.37. The number of piperidine rings is 1. The number of hydrogen-bond acceptors (Lipinski definition) is 7. The maximum absolute atomic E-state index is 13.6. The summed E-state index contributed by atoms with van der Waals surface area (Å²) in [5.74, 6) is 0.739. The van der Waals surface area contributed by atoms with Crippen LogP contribution in [0.25, 0.3) is 10.2 Å². The van der Waals surface area contributed by atoms with Gasteiger partial charge in [0.25, 0.3) is 0 Å². The first-order valence-corrected chi connectivity index (χ1v) is 14.0. The highest BCUT2D eigenvalue weighted by Gasteiger charge is 2.26. The number of hydrogen-bond donors (Lipinski definition) is 2. The number of amides is 2. The van der Waals surface area contributed by atoms with Crippen molar-refractivity contribution in [2.24, 2.45) is 5.92 Å². The van der Waals surface area contributed by atoms with Crippen LogP contribution in [0.5, 0.6) is 0 Å². The number of nitrogens with one attached hydrogen (secondary N) is 2. The number of anilines is 2. The van der Waals surface area contributed by atoms with E-state index in [9.17, 15) is 14.0 Å². The van der Waals surface area contributed by atoms with Gasteiger partial charge in [0.1, 0.15) is 22.8 Å². The number of halogens is 2. The number of thiophene rings is 1. The van der Waals surface area contributed by atoms with Crippen LogP contribution >= 0.6 is 22.9 Å². The largest absolute Gasteiger partial charge is 0.356 e. The molecule has 1 aromatic carbocycles. The van der Waals surface area contributed by atoms with Crippen molar-refractivity contribution in [3.05, 3.63) is 58.0 Å². The van der Waals surface area contributed by atoms with E-state index in [0.29, 0.717) is 36.9 Å². The summed E-state index contributed by atoms with van der Waals surface area (Å²) in [7, 11) is 0. The van der Waals surface area contributed by atoms with Crippen LogP contribution in [0.4, 0.5) is 15.9 Å². The molecule has 2 amide bonds. The van der Waals surface area contributed by atoms with Gasteiger partial charge >= 0.3 is 0 Å². The predicted octanol–water partition coefficient (Wildman–Crippen LogP) is 4.52. The lowest BCUT2D eigenvalue weighted by atomic mass is 9.97. The van der Waals surface area contributed by atoms with Gasteiger partial charge < -0.3 is 15.5 Å². The third-order valence-electron chi connectivity index (χ3n) is 7.10. The molecule has 2 aliphatic heterocycles. The topological polar surface area (TPSA) is 90.5 Å². The number of benzene rings is 1. The van der Waals surface area contributed by atoms with Crippen LogP contribution < -0.4 is 10.6 Å². The highest BCUT2D eigenvalue weighted by Crippen LogP contribution is 2.38. The molecule has 1 saturated heterocycles. The molecular formula is C27H30ClFN6O2S. The van der Waals surface area contributed by atoms with E-state index in [1.54, 1.807) is 30.4 Å². The summed E-state index contributed by atoms with van der Waals surface area (Å²) in [6.07, 6.45) is 7.97. The van der Waals surface area contributed by atoms with Crippen LogP contribution in [0.15, 0.2) is 36.7 Å². The van der Waals surface area contributed by atoms with E-state index in [2.05, 4.69) is 25.5 Å². The van der Waals surface area contributed by atoms with Crippen LogP contribution in [0.1, 0.15) is 30.2 Å². The Bertz CT molecular complexity index is 1370. The van der Waals surface area contributed by atoms with Crippen LogP contribution in [0, 0.1) is 11.7 Å². The zero-order valence-electron chi connectivity index (χ0n) is 21.2. The lowest BCUT2D eigenvalue weighted by molar-refractivity contribution is -0.126. The van der Waals surface area contributed by atoms with Crippen molar-refractivity contribution in [3.8, 4) is 0 Å². The maximum atomic E-state index is 13.6. The summed E-state index contributed by atoms with van der Waals surface area (Å²) >= 11 is 7.52. The normalized spacial score (nSPS) is 16.7. The molecule has 2 aromatic heterocycles. The minimum atomic E-state index is -0.472. The van der Waals surface area contributed by atoms with Crippen molar-refractivity contribution in [3.63, 3.8) is 0 Å². The first-order valence-electron chi connectivity index (χ1n) is 12.8. The van der Waals surface area contributed by atoms with Gasteiger partial charge in [0, 0.05) is 43.2 Å². The SMILES string of the molecule is CC(=O)NCC1CCN(C/C=C/C(=O)N2CCc3c(sc4ncnc(Nc5ccc(F)c(Cl)c5)c34)C2)CC1. The number of likely N-dealkylation sites (tertiary alicyclic amines) is 1. The minimum Gasteiger partial charge on any atom is -0.356 e. The van der Waals surface area contributed by atoms with Crippen LogP contribution in [0.2, 0.25) is 5.02 Å². The number of rotatable bonds is 7. The summed E-state index contributed by atoms with van der Waals surface area (Å²) in [6.45, 7) is 6.15. The Balaban J connectivity index is 1.19. The number of carbonyl (C=O) groups excluding carboxylic acids is 2. The molecule has 200 valence electrons. The Kier molecular flexibility index (Phi) is 8.21. The highest BCUT2D eigenvalue weighted by molar-refractivity contribution is 7.19. The van der Waals surface area contributed by atoms with Gasteiger partial charge in [0.05, 0.1) is 17.0 Å². The van der Waals surface area contributed by atoms with E-state index in [1.807, 2.05) is 11.0 Å². The average Bonchev–Trinajstić information content (AvgIpc) is 3.29. The van der Waals surface area contributed by atoms with E-state index in [4.69, 9.17) is 11.6 Å². The Morgan fingerprint density at radius 1 is 1.24 bits per heavy atom. The van der Waals surface area contributed by atoms with Crippen molar-refractivity contribution < 1.29 is 14.0 Å². The molecule has 3 aromatic rings. The van der Waals surface area contributed by atoms with Gasteiger partial charge in [-0.05, 0) is 62.0 Å². The second kappa shape index (κ2) is 11.8. The molecule has 11 heteroatoms. The first-order chi connectivity index (χ1) is 18.4. The van der Waals surface area contributed by atoms with Crippen molar-refractivity contribution in [1.82, 2.24) is 25.1 Å². The van der Waals surface area contributed by atoms with Crippen LogP contribution in [-0.2, 0) is 22.6 Å². The molecule has 0 spiro atoms. The number of fused-ring (bicyclic) bond motifs is 3. The molecule has 2 N–H and O–H groups in total. The molecule has 0 bridgehead atoms. The fourth-order valence-electron chi connectivity index (χ4n) is 4.99. The number of nitrogens with zero attached hydrogens (tertiary/aromatic N) is 4. The van der Waals surface area contributed by atoms with Crippen molar-refractivity contribution in [2.45, 2.75) is 32.7 Å².